The first-order chi connectivity index (χ1) is 16.0. The van der Waals surface area contributed by atoms with Crippen LogP contribution in [0.4, 0.5) is 5.69 Å². The van der Waals surface area contributed by atoms with E-state index in [4.69, 9.17) is 11.6 Å². The summed E-state index contributed by atoms with van der Waals surface area (Å²) in [7, 11) is 0. The number of aromatic nitrogens is 3. The molecule has 0 N–H and O–H groups in total. The molecular formula is C26H19ClN4O2. The van der Waals surface area contributed by atoms with Gasteiger partial charge in [0.2, 0.25) is 0 Å². The third-order valence-corrected chi connectivity index (χ3v) is 6.06. The summed E-state index contributed by atoms with van der Waals surface area (Å²) in [5.74, 6) is 0. The van der Waals surface area contributed by atoms with Crippen LogP contribution < -0.4 is 0 Å². The third-order valence-electron chi connectivity index (χ3n) is 5.66. The Hall–Kier alpha value is -4.03. The molecule has 0 aliphatic carbocycles. The van der Waals surface area contributed by atoms with Crippen molar-refractivity contribution in [1.82, 2.24) is 14.8 Å². The summed E-state index contributed by atoms with van der Waals surface area (Å²) in [5, 5.41) is 19.3. The number of fused-ring (bicyclic) bond motifs is 2. The standard InChI is InChI=1S/C26H19ClN4O2/c1-17-21(14-12-20-13-15-23-24(28-20)10-5-11-25(23)31(32)33)26(27)30(29-17)16-19-8-4-7-18-6-2-3-9-22(18)19/h2-15H,16H2,1H3/b14-12+. The lowest BCUT2D eigenvalue weighted by molar-refractivity contribution is -0.383. The molecule has 0 atom stereocenters. The molecule has 0 unspecified atom stereocenters. The van der Waals surface area contributed by atoms with E-state index in [0.717, 1.165) is 16.8 Å². The Morgan fingerprint density at radius 3 is 2.61 bits per heavy atom. The summed E-state index contributed by atoms with van der Waals surface area (Å²) < 4.78 is 1.80. The number of pyridine rings is 1. The molecule has 0 bridgehead atoms. The van der Waals surface area contributed by atoms with Gasteiger partial charge in [-0.1, -0.05) is 60.1 Å². The summed E-state index contributed by atoms with van der Waals surface area (Å²) in [5.41, 5.74) is 4.07. The van der Waals surface area contributed by atoms with Crippen LogP contribution in [-0.2, 0) is 6.54 Å². The number of hydrogen-bond donors (Lipinski definition) is 0. The number of non-ortho nitro benzene ring substituents is 1. The minimum Gasteiger partial charge on any atom is -0.258 e. The lowest BCUT2D eigenvalue weighted by Crippen LogP contribution is -2.02. The van der Waals surface area contributed by atoms with Crippen molar-refractivity contribution in [3.05, 3.63) is 111 Å². The first-order valence-electron chi connectivity index (χ1n) is 10.4. The van der Waals surface area contributed by atoms with E-state index in [-0.39, 0.29) is 5.69 Å². The molecule has 33 heavy (non-hydrogen) atoms. The summed E-state index contributed by atoms with van der Waals surface area (Å²) in [6, 6.07) is 22.8. The summed E-state index contributed by atoms with van der Waals surface area (Å²) in [6.07, 6.45) is 3.73. The molecule has 0 saturated heterocycles. The van der Waals surface area contributed by atoms with E-state index in [2.05, 4.69) is 34.3 Å². The van der Waals surface area contributed by atoms with Crippen LogP contribution in [-0.4, -0.2) is 19.7 Å². The Morgan fingerprint density at radius 1 is 0.970 bits per heavy atom. The first-order valence-corrected chi connectivity index (χ1v) is 10.8. The van der Waals surface area contributed by atoms with Crippen LogP contribution in [0, 0.1) is 17.0 Å². The first kappa shape index (κ1) is 20.8. The Labute approximate surface area is 194 Å². The topological polar surface area (TPSA) is 73.8 Å². The Morgan fingerprint density at radius 2 is 1.76 bits per heavy atom. The number of nitro benzene ring substituents is 1. The van der Waals surface area contributed by atoms with Crippen molar-refractivity contribution in [2.24, 2.45) is 0 Å². The van der Waals surface area contributed by atoms with Crippen LogP contribution in [0.25, 0.3) is 33.8 Å². The van der Waals surface area contributed by atoms with Crippen molar-refractivity contribution in [3.63, 3.8) is 0 Å². The maximum atomic E-state index is 11.2. The second kappa shape index (κ2) is 8.48. The average Bonchev–Trinajstić information content (AvgIpc) is 3.09. The van der Waals surface area contributed by atoms with Crippen molar-refractivity contribution >= 4 is 51.1 Å². The third kappa shape index (κ3) is 3.97. The second-order valence-corrected chi connectivity index (χ2v) is 8.11. The molecule has 5 rings (SSSR count). The maximum Gasteiger partial charge on any atom is 0.278 e. The summed E-state index contributed by atoms with van der Waals surface area (Å²) >= 11 is 6.70. The Kier molecular flexibility index (Phi) is 5.36. The van der Waals surface area contributed by atoms with Gasteiger partial charge in [-0.25, -0.2) is 9.67 Å². The van der Waals surface area contributed by atoms with E-state index in [1.54, 1.807) is 28.9 Å². The largest absolute Gasteiger partial charge is 0.278 e. The SMILES string of the molecule is Cc1nn(Cc2cccc3ccccc23)c(Cl)c1/C=C/c1ccc2c([N+](=O)[O-])cccc2n1. The highest BCUT2D eigenvalue weighted by atomic mass is 35.5. The fourth-order valence-electron chi connectivity index (χ4n) is 4.03. The number of halogens is 1. The Balaban J connectivity index is 1.46. The Bertz CT molecular complexity index is 1550. The van der Waals surface area contributed by atoms with E-state index >= 15 is 0 Å². The zero-order valence-electron chi connectivity index (χ0n) is 17.8. The van der Waals surface area contributed by atoms with Crippen LogP contribution in [0.5, 0.6) is 0 Å². The quantitative estimate of drug-likeness (QED) is 0.219. The van der Waals surface area contributed by atoms with E-state index in [1.165, 1.54) is 16.8 Å². The molecule has 3 aromatic carbocycles. The van der Waals surface area contributed by atoms with Crippen molar-refractivity contribution in [3.8, 4) is 0 Å². The number of nitro groups is 1. The van der Waals surface area contributed by atoms with Gasteiger partial charge in [0.1, 0.15) is 5.15 Å². The molecule has 0 aliphatic rings. The van der Waals surface area contributed by atoms with E-state index in [0.29, 0.717) is 28.3 Å². The number of rotatable bonds is 5. The summed E-state index contributed by atoms with van der Waals surface area (Å²) in [4.78, 5) is 15.4. The molecular weight excluding hydrogens is 436 g/mol. The van der Waals surface area contributed by atoms with Crippen LogP contribution in [0.15, 0.2) is 72.8 Å². The van der Waals surface area contributed by atoms with E-state index in [9.17, 15) is 10.1 Å². The normalized spacial score (nSPS) is 11.6. The molecule has 0 aliphatic heterocycles. The molecule has 0 spiro atoms. The monoisotopic (exact) mass is 454 g/mol. The van der Waals surface area contributed by atoms with Crippen molar-refractivity contribution in [2.75, 3.05) is 0 Å². The van der Waals surface area contributed by atoms with Gasteiger partial charge in [-0.05, 0) is 53.6 Å². The average molecular weight is 455 g/mol. The minimum atomic E-state index is -0.396. The van der Waals surface area contributed by atoms with Crippen molar-refractivity contribution in [1.29, 1.82) is 0 Å². The van der Waals surface area contributed by atoms with Gasteiger partial charge in [-0.15, -0.1) is 0 Å². The van der Waals surface area contributed by atoms with Crippen molar-refractivity contribution in [2.45, 2.75) is 13.5 Å². The number of nitrogens with zero attached hydrogens (tertiary/aromatic N) is 4. The lowest BCUT2D eigenvalue weighted by Gasteiger charge is -2.08. The van der Waals surface area contributed by atoms with E-state index in [1.807, 2.05) is 37.3 Å². The van der Waals surface area contributed by atoms with Crippen LogP contribution in [0.3, 0.4) is 0 Å². The molecule has 6 nitrogen and oxygen atoms in total. The van der Waals surface area contributed by atoms with Gasteiger partial charge in [-0.2, -0.15) is 5.10 Å². The van der Waals surface area contributed by atoms with Crippen molar-refractivity contribution < 1.29 is 4.92 Å². The summed E-state index contributed by atoms with van der Waals surface area (Å²) in [6.45, 7) is 2.48. The highest BCUT2D eigenvalue weighted by Crippen LogP contribution is 2.27. The number of benzene rings is 3. The molecule has 7 heteroatoms. The fraction of sp³-hybridized carbons (Fsp3) is 0.0769. The van der Waals surface area contributed by atoms with Gasteiger partial charge in [0.15, 0.2) is 0 Å². The second-order valence-electron chi connectivity index (χ2n) is 7.76. The molecule has 0 amide bonds. The molecule has 0 radical (unpaired) electrons. The zero-order valence-corrected chi connectivity index (χ0v) is 18.5. The van der Waals surface area contributed by atoms with Crippen LogP contribution >= 0.6 is 11.6 Å². The number of hydrogen-bond acceptors (Lipinski definition) is 4. The molecule has 0 saturated carbocycles. The predicted molar refractivity (Wildman–Crippen MR) is 132 cm³/mol. The van der Waals surface area contributed by atoms with Gasteiger partial charge in [0, 0.05) is 11.6 Å². The van der Waals surface area contributed by atoms with Crippen LogP contribution in [0.2, 0.25) is 5.15 Å². The van der Waals surface area contributed by atoms with Gasteiger partial charge >= 0.3 is 0 Å². The molecule has 0 fully saturated rings. The van der Waals surface area contributed by atoms with E-state index < -0.39 is 4.92 Å². The maximum absolute atomic E-state index is 11.2. The molecule has 5 aromatic rings. The minimum absolute atomic E-state index is 0.0455. The zero-order chi connectivity index (χ0) is 22.9. The fourth-order valence-corrected chi connectivity index (χ4v) is 4.33. The van der Waals surface area contributed by atoms with Crippen LogP contribution in [0.1, 0.15) is 22.5 Å². The molecule has 2 aromatic heterocycles. The molecule has 2 heterocycles. The smallest absolute Gasteiger partial charge is 0.258 e. The van der Waals surface area contributed by atoms with Gasteiger partial charge in [0.25, 0.3) is 5.69 Å². The van der Waals surface area contributed by atoms with Gasteiger partial charge in [0.05, 0.1) is 33.8 Å². The van der Waals surface area contributed by atoms with Gasteiger partial charge in [-0.3, -0.25) is 10.1 Å². The highest BCUT2D eigenvalue weighted by Gasteiger charge is 2.14. The lowest BCUT2D eigenvalue weighted by atomic mass is 10.0. The predicted octanol–water partition coefficient (Wildman–Crippen LogP) is 6.67. The molecule has 162 valence electrons. The number of aryl methyl sites for hydroxylation is 1. The van der Waals surface area contributed by atoms with Gasteiger partial charge < -0.3 is 0 Å². The highest BCUT2D eigenvalue weighted by molar-refractivity contribution is 6.31.